The van der Waals surface area contributed by atoms with Gasteiger partial charge >= 0.3 is 12.1 Å². The van der Waals surface area contributed by atoms with Crippen molar-refractivity contribution in [1.29, 1.82) is 0 Å². The van der Waals surface area contributed by atoms with Gasteiger partial charge in [0.25, 0.3) is 0 Å². The second-order valence-corrected chi connectivity index (χ2v) is 6.67. The molecular weight excluding hydrogens is 389 g/mol. The topological polar surface area (TPSA) is 32.3 Å². The predicted octanol–water partition coefficient (Wildman–Crippen LogP) is 6.81. The number of carbonyl (C=O) groups is 1. The zero-order chi connectivity index (χ0) is 21.1. The van der Waals surface area contributed by atoms with Crippen LogP contribution in [0.3, 0.4) is 0 Å². The Morgan fingerprint density at radius 3 is 2.00 bits per heavy atom. The summed E-state index contributed by atoms with van der Waals surface area (Å²) < 4.78 is 40.3. The van der Waals surface area contributed by atoms with Crippen LogP contribution in [0.25, 0.3) is 10.8 Å². The van der Waals surface area contributed by atoms with Crippen molar-refractivity contribution in [3.63, 3.8) is 0 Å². The van der Waals surface area contributed by atoms with E-state index in [4.69, 9.17) is 0 Å². The molecule has 0 unspecified atom stereocenters. The molecule has 1 N–H and O–H groups in total. The first-order chi connectivity index (χ1) is 14.4. The number of hydrogen-bond acceptors (Lipinski definition) is 2. The van der Waals surface area contributed by atoms with E-state index < -0.39 is 12.1 Å². The first kappa shape index (κ1) is 19.5. The van der Waals surface area contributed by atoms with Crippen LogP contribution in [-0.4, -0.2) is 12.1 Å². The van der Waals surface area contributed by atoms with Crippen LogP contribution in [-0.2, 0) is 4.79 Å². The Labute approximate surface area is 171 Å². The van der Waals surface area contributed by atoms with Crippen molar-refractivity contribution >= 4 is 39.4 Å². The maximum absolute atomic E-state index is 13.4. The summed E-state index contributed by atoms with van der Waals surface area (Å²) in [6.07, 6.45) is -5.02. The van der Waals surface area contributed by atoms with Crippen molar-refractivity contribution in [2.45, 2.75) is 6.18 Å². The van der Waals surface area contributed by atoms with Gasteiger partial charge in [-0.1, -0.05) is 54.6 Å². The van der Waals surface area contributed by atoms with Gasteiger partial charge in [-0.15, -0.1) is 0 Å². The Morgan fingerprint density at radius 1 is 0.700 bits per heavy atom. The van der Waals surface area contributed by atoms with Gasteiger partial charge in [-0.25, -0.2) is 0 Å². The number of hydrogen-bond donors (Lipinski definition) is 1. The van der Waals surface area contributed by atoms with Gasteiger partial charge in [-0.05, 0) is 47.9 Å². The van der Waals surface area contributed by atoms with Crippen LogP contribution in [0.5, 0.6) is 0 Å². The summed E-state index contributed by atoms with van der Waals surface area (Å²) in [5.74, 6) is -1.94. The summed E-state index contributed by atoms with van der Waals surface area (Å²) >= 11 is 0. The van der Waals surface area contributed by atoms with E-state index in [1.54, 1.807) is 48.5 Å². The van der Waals surface area contributed by atoms with Gasteiger partial charge in [0.1, 0.15) is 0 Å². The Kier molecular flexibility index (Phi) is 5.14. The lowest BCUT2D eigenvalue weighted by molar-refractivity contribution is -0.169. The third kappa shape index (κ3) is 3.98. The minimum atomic E-state index is -5.02. The van der Waals surface area contributed by atoms with Crippen LogP contribution in [0.15, 0.2) is 97.1 Å². The Bertz CT molecular complexity index is 1170. The quantitative estimate of drug-likeness (QED) is 0.404. The molecule has 4 rings (SSSR count). The number of alkyl halides is 3. The van der Waals surface area contributed by atoms with Crippen LogP contribution in [0.4, 0.5) is 35.9 Å². The van der Waals surface area contributed by atoms with Crippen LogP contribution < -0.4 is 10.2 Å². The average Bonchev–Trinajstić information content (AvgIpc) is 2.75. The van der Waals surface area contributed by atoms with E-state index in [2.05, 4.69) is 5.32 Å². The van der Waals surface area contributed by atoms with Crippen LogP contribution >= 0.6 is 0 Å². The molecule has 4 aromatic carbocycles. The Balaban J connectivity index is 1.76. The zero-order valence-corrected chi connectivity index (χ0v) is 15.7. The van der Waals surface area contributed by atoms with Gasteiger partial charge in [-0.2, -0.15) is 13.2 Å². The van der Waals surface area contributed by atoms with E-state index in [0.717, 1.165) is 11.1 Å². The second-order valence-electron chi connectivity index (χ2n) is 6.67. The van der Waals surface area contributed by atoms with Crippen molar-refractivity contribution in [3.8, 4) is 0 Å². The molecule has 150 valence electrons. The highest BCUT2D eigenvalue weighted by molar-refractivity contribution is 6.10. The summed E-state index contributed by atoms with van der Waals surface area (Å²) in [5.41, 5.74) is 1.86. The first-order valence-corrected chi connectivity index (χ1v) is 9.25. The smallest absolute Gasteiger partial charge is 0.356 e. The van der Waals surface area contributed by atoms with Crippen molar-refractivity contribution in [3.05, 3.63) is 97.1 Å². The maximum atomic E-state index is 13.4. The van der Waals surface area contributed by atoms with Crippen molar-refractivity contribution < 1.29 is 18.0 Å². The van der Waals surface area contributed by atoms with Gasteiger partial charge in [-0.3, -0.25) is 9.69 Å². The molecule has 1 amide bonds. The molecule has 0 aromatic heterocycles. The third-order valence-corrected chi connectivity index (χ3v) is 4.64. The molecule has 6 heteroatoms. The highest BCUT2D eigenvalue weighted by Crippen LogP contribution is 2.36. The first-order valence-electron chi connectivity index (χ1n) is 9.25. The van der Waals surface area contributed by atoms with Crippen LogP contribution in [0, 0.1) is 0 Å². The summed E-state index contributed by atoms with van der Waals surface area (Å²) in [7, 11) is 0. The largest absolute Gasteiger partial charge is 0.472 e. The molecule has 0 aliphatic carbocycles. The fourth-order valence-electron chi connectivity index (χ4n) is 3.28. The normalized spacial score (nSPS) is 11.3. The highest BCUT2D eigenvalue weighted by Gasteiger charge is 2.44. The van der Waals surface area contributed by atoms with Gasteiger partial charge in [0, 0.05) is 22.4 Å². The molecule has 4 aromatic rings. The third-order valence-electron chi connectivity index (χ3n) is 4.64. The van der Waals surface area contributed by atoms with Crippen LogP contribution in [0.1, 0.15) is 0 Å². The number of anilines is 4. The predicted molar refractivity (Wildman–Crippen MR) is 113 cm³/mol. The van der Waals surface area contributed by atoms with Gasteiger partial charge in [0.2, 0.25) is 0 Å². The fourth-order valence-corrected chi connectivity index (χ4v) is 3.28. The number of nitrogens with one attached hydrogen (secondary N) is 1. The lowest BCUT2D eigenvalue weighted by atomic mass is 10.1. The molecule has 0 heterocycles. The minimum Gasteiger partial charge on any atom is -0.356 e. The molecule has 0 fully saturated rings. The molecule has 0 bridgehead atoms. The SMILES string of the molecule is O=C(N(c1ccc(Nc2ccccc2)cc1)c1cccc2ccccc12)C(F)(F)F. The van der Waals surface area contributed by atoms with Gasteiger partial charge in [0.15, 0.2) is 0 Å². The average molecular weight is 406 g/mol. The Hall–Kier alpha value is -3.80. The van der Waals surface area contributed by atoms with Crippen molar-refractivity contribution in [2.75, 3.05) is 10.2 Å². The van der Waals surface area contributed by atoms with Crippen molar-refractivity contribution in [1.82, 2.24) is 0 Å². The van der Waals surface area contributed by atoms with E-state index in [0.29, 0.717) is 16.0 Å². The summed E-state index contributed by atoms with van der Waals surface area (Å²) in [5, 5.41) is 4.48. The van der Waals surface area contributed by atoms with E-state index in [-0.39, 0.29) is 11.4 Å². The molecule has 0 atom stereocenters. The number of fused-ring (bicyclic) bond motifs is 1. The minimum absolute atomic E-state index is 0.132. The second kappa shape index (κ2) is 7.91. The number of rotatable bonds is 4. The summed E-state index contributed by atoms with van der Waals surface area (Å²) in [6, 6.07) is 27.6. The molecular formula is C24H17F3N2O. The zero-order valence-electron chi connectivity index (χ0n) is 15.7. The van der Waals surface area contributed by atoms with Crippen LogP contribution in [0.2, 0.25) is 0 Å². The molecule has 3 nitrogen and oxygen atoms in total. The number of amides is 1. The van der Waals surface area contributed by atoms with E-state index >= 15 is 0 Å². The lowest BCUT2D eigenvalue weighted by Gasteiger charge is -2.25. The maximum Gasteiger partial charge on any atom is 0.472 e. The van der Waals surface area contributed by atoms with Gasteiger partial charge in [0.05, 0.1) is 5.69 Å². The monoisotopic (exact) mass is 406 g/mol. The van der Waals surface area contributed by atoms with E-state index in [1.165, 1.54) is 18.2 Å². The van der Waals surface area contributed by atoms with Gasteiger partial charge < -0.3 is 5.32 Å². The number of nitrogens with zero attached hydrogens (tertiary/aromatic N) is 1. The number of halogens is 3. The fraction of sp³-hybridized carbons (Fsp3) is 0.0417. The molecule has 0 saturated heterocycles. The number of carbonyl (C=O) groups excluding carboxylic acids is 1. The lowest BCUT2D eigenvalue weighted by Crippen LogP contribution is -2.38. The molecule has 0 radical (unpaired) electrons. The molecule has 0 aliphatic rings. The Morgan fingerprint density at radius 2 is 1.30 bits per heavy atom. The number of benzene rings is 4. The molecule has 0 aliphatic heterocycles. The number of para-hydroxylation sites is 1. The standard InChI is InChI=1S/C24H17F3N2O/c25-24(26,27)23(30)29(22-12-6-8-17-7-4-5-11-21(17)22)20-15-13-19(14-16-20)28-18-9-2-1-3-10-18/h1-16,28H. The molecule has 0 saturated carbocycles. The summed E-state index contributed by atoms with van der Waals surface area (Å²) in [4.78, 5) is 13.1. The summed E-state index contributed by atoms with van der Waals surface area (Å²) in [6.45, 7) is 0. The highest BCUT2D eigenvalue weighted by atomic mass is 19.4. The van der Waals surface area contributed by atoms with E-state index in [1.807, 2.05) is 30.3 Å². The molecule has 30 heavy (non-hydrogen) atoms. The molecule has 0 spiro atoms. The van der Waals surface area contributed by atoms with E-state index in [9.17, 15) is 18.0 Å². The van der Waals surface area contributed by atoms with Crippen molar-refractivity contribution in [2.24, 2.45) is 0 Å².